The molecule has 0 saturated heterocycles. The standard InChI is InChI=1S/C21H16N4O3/c1-27-15-6-2-12(3-7-15)10-13-4-8-16-19(26)17-11-14(21-22-24-25-23-21)5-9-18(17)28-20(13)16/h2-3,5-7,9-11H,4,8H2,1H3,(H,22,23,24,25)/b13-10+. The smallest absolute Gasteiger partial charge is 0.196 e. The molecular weight excluding hydrogens is 356 g/mol. The Kier molecular flexibility index (Phi) is 3.79. The molecule has 7 heteroatoms. The first-order chi connectivity index (χ1) is 13.7. The third-order valence-corrected chi connectivity index (χ3v) is 5.00. The summed E-state index contributed by atoms with van der Waals surface area (Å²) in [7, 11) is 1.64. The predicted octanol–water partition coefficient (Wildman–Crippen LogP) is 3.47. The molecule has 2 aromatic heterocycles. The van der Waals surface area contributed by atoms with Gasteiger partial charge < -0.3 is 9.15 Å². The quantitative estimate of drug-likeness (QED) is 0.592. The molecule has 0 unspecified atom stereocenters. The Hall–Kier alpha value is -3.74. The van der Waals surface area contributed by atoms with E-state index in [1.807, 2.05) is 30.3 Å². The van der Waals surface area contributed by atoms with Crippen molar-refractivity contribution in [2.24, 2.45) is 0 Å². The zero-order valence-corrected chi connectivity index (χ0v) is 15.1. The highest BCUT2D eigenvalue weighted by Gasteiger charge is 2.24. The third kappa shape index (κ3) is 2.68. The average molecular weight is 372 g/mol. The van der Waals surface area contributed by atoms with Crippen molar-refractivity contribution >= 4 is 22.6 Å². The lowest BCUT2D eigenvalue weighted by Crippen LogP contribution is -2.08. The molecule has 2 aromatic carbocycles. The highest BCUT2D eigenvalue weighted by atomic mass is 16.5. The molecule has 0 radical (unpaired) electrons. The normalized spacial score (nSPS) is 14.5. The monoisotopic (exact) mass is 372 g/mol. The topological polar surface area (TPSA) is 93.9 Å². The number of tetrazole rings is 1. The van der Waals surface area contributed by atoms with E-state index in [-0.39, 0.29) is 5.43 Å². The number of allylic oxidation sites excluding steroid dienone is 1. The second kappa shape index (κ2) is 6.45. The molecular formula is C21H16N4O3. The number of ether oxygens (including phenoxy) is 1. The summed E-state index contributed by atoms with van der Waals surface area (Å²) >= 11 is 0. The van der Waals surface area contributed by atoms with Gasteiger partial charge in [-0.25, -0.2) is 5.10 Å². The van der Waals surface area contributed by atoms with E-state index < -0.39 is 0 Å². The first-order valence-corrected chi connectivity index (χ1v) is 8.92. The van der Waals surface area contributed by atoms with Crippen LogP contribution in [-0.4, -0.2) is 27.7 Å². The number of H-pyrrole nitrogens is 1. The van der Waals surface area contributed by atoms with Gasteiger partial charge in [-0.05, 0) is 70.8 Å². The van der Waals surface area contributed by atoms with Gasteiger partial charge in [-0.3, -0.25) is 4.79 Å². The molecule has 0 saturated carbocycles. The van der Waals surface area contributed by atoms with Crippen molar-refractivity contribution in [2.45, 2.75) is 12.8 Å². The van der Waals surface area contributed by atoms with E-state index in [2.05, 4.69) is 26.7 Å². The minimum atomic E-state index is 0.00343. The minimum Gasteiger partial charge on any atom is -0.497 e. The Labute approximate surface area is 159 Å². The summed E-state index contributed by atoms with van der Waals surface area (Å²) in [4.78, 5) is 13.1. The minimum absolute atomic E-state index is 0.00343. The number of benzene rings is 2. The molecule has 5 rings (SSSR count). The van der Waals surface area contributed by atoms with Crippen LogP contribution in [0, 0.1) is 0 Å². The number of hydrogen-bond donors (Lipinski definition) is 1. The number of rotatable bonds is 3. The number of nitrogens with one attached hydrogen (secondary N) is 1. The fourth-order valence-electron chi connectivity index (χ4n) is 3.56. The largest absolute Gasteiger partial charge is 0.497 e. The van der Waals surface area contributed by atoms with Crippen LogP contribution in [0.3, 0.4) is 0 Å². The van der Waals surface area contributed by atoms with Crippen LogP contribution in [0.1, 0.15) is 23.3 Å². The Balaban J connectivity index is 1.60. The van der Waals surface area contributed by atoms with Crippen molar-refractivity contribution in [3.05, 3.63) is 69.6 Å². The summed E-state index contributed by atoms with van der Waals surface area (Å²) in [6.07, 6.45) is 3.51. The van der Waals surface area contributed by atoms with Crippen LogP contribution in [0.25, 0.3) is 34.0 Å². The van der Waals surface area contributed by atoms with Crippen molar-refractivity contribution in [1.29, 1.82) is 0 Å². The van der Waals surface area contributed by atoms with Gasteiger partial charge in [0.25, 0.3) is 0 Å². The lowest BCUT2D eigenvalue weighted by molar-refractivity contribution is 0.415. The van der Waals surface area contributed by atoms with E-state index in [1.165, 1.54) is 0 Å². The Morgan fingerprint density at radius 2 is 2.00 bits per heavy atom. The third-order valence-electron chi connectivity index (χ3n) is 5.00. The SMILES string of the molecule is COc1ccc(/C=C2\CCc3c2oc2ccc(-c4nnn[nH]4)cc2c3=O)cc1. The van der Waals surface area contributed by atoms with Crippen LogP contribution >= 0.6 is 0 Å². The fraction of sp³-hybridized carbons (Fsp3) is 0.143. The van der Waals surface area contributed by atoms with E-state index in [0.717, 1.165) is 34.4 Å². The number of fused-ring (bicyclic) bond motifs is 2. The average Bonchev–Trinajstić information content (AvgIpc) is 3.40. The summed E-state index contributed by atoms with van der Waals surface area (Å²) < 4.78 is 11.3. The number of nitrogens with zero attached hydrogens (tertiary/aromatic N) is 3. The maximum Gasteiger partial charge on any atom is 0.196 e. The van der Waals surface area contributed by atoms with Gasteiger partial charge in [0.1, 0.15) is 17.1 Å². The molecule has 28 heavy (non-hydrogen) atoms. The molecule has 0 aliphatic heterocycles. The zero-order chi connectivity index (χ0) is 19.1. The molecule has 0 amide bonds. The summed E-state index contributed by atoms with van der Waals surface area (Å²) in [5.74, 6) is 2.01. The van der Waals surface area contributed by atoms with Crippen LogP contribution in [0.5, 0.6) is 5.75 Å². The first kappa shape index (κ1) is 16.4. The van der Waals surface area contributed by atoms with E-state index in [0.29, 0.717) is 29.0 Å². The van der Waals surface area contributed by atoms with Crippen LogP contribution in [0.4, 0.5) is 0 Å². The number of aromatic nitrogens is 4. The molecule has 0 spiro atoms. The molecule has 7 nitrogen and oxygen atoms in total. The maximum absolute atomic E-state index is 13.1. The van der Waals surface area contributed by atoms with Crippen molar-refractivity contribution in [1.82, 2.24) is 20.6 Å². The second-order valence-electron chi connectivity index (χ2n) is 6.64. The number of methoxy groups -OCH3 is 1. The maximum atomic E-state index is 13.1. The summed E-state index contributed by atoms with van der Waals surface area (Å²) in [5, 5.41) is 14.3. The lowest BCUT2D eigenvalue weighted by Gasteiger charge is -2.05. The molecule has 1 aliphatic rings. The van der Waals surface area contributed by atoms with Gasteiger partial charge >= 0.3 is 0 Å². The van der Waals surface area contributed by atoms with Crippen LogP contribution in [0.2, 0.25) is 0 Å². The van der Waals surface area contributed by atoms with Gasteiger partial charge in [-0.2, -0.15) is 0 Å². The van der Waals surface area contributed by atoms with E-state index in [1.54, 1.807) is 19.2 Å². The highest BCUT2D eigenvalue weighted by molar-refractivity contribution is 5.88. The summed E-state index contributed by atoms with van der Waals surface area (Å²) in [6.45, 7) is 0. The molecule has 4 aromatic rings. The lowest BCUT2D eigenvalue weighted by atomic mass is 10.1. The van der Waals surface area contributed by atoms with E-state index in [9.17, 15) is 4.79 Å². The van der Waals surface area contributed by atoms with Crippen LogP contribution in [0.15, 0.2) is 51.7 Å². The van der Waals surface area contributed by atoms with Gasteiger partial charge in [0.05, 0.1) is 12.5 Å². The summed E-state index contributed by atoms with van der Waals surface area (Å²) in [5.41, 5.74) is 4.10. The predicted molar refractivity (Wildman–Crippen MR) is 105 cm³/mol. The molecule has 2 heterocycles. The second-order valence-corrected chi connectivity index (χ2v) is 6.64. The molecule has 0 fully saturated rings. The van der Waals surface area contributed by atoms with Crippen molar-refractivity contribution in [2.75, 3.05) is 7.11 Å². The van der Waals surface area contributed by atoms with Crippen LogP contribution in [-0.2, 0) is 6.42 Å². The van der Waals surface area contributed by atoms with Crippen molar-refractivity contribution in [3.8, 4) is 17.1 Å². The Morgan fingerprint density at radius 1 is 1.14 bits per heavy atom. The van der Waals surface area contributed by atoms with Crippen molar-refractivity contribution in [3.63, 3.8) is 0 Å². The van der Waals surface area contributed by atoms with Gasteiger partial charge in [-0.15, -0.1) is 5.10 Å². The number of hydrogen-bond acceptors (Lipinski definition) is 6. The van der Waals surface area contributed by atoms with Crippen LogP contribution < -0.4 is 10.2 Å². The number of aromatic amines is 1. The molecule has 0 atom stereocenters. The first-order valence-electron chi connectivity index (χ1n) is 8.92. The van der Waals surface area contributed by atoms with Crippen molar-refractivity contribution < 1.29 is 9.15 Å². The van der Waals surface area contributed by atoms with E-state index in [4.69, 9.17) is 9.15 Å². The van der Waals surface area contributed by atoms with E-state index >= 15 is 0 Å². The highest BCUT2D eigenvalue weighted by Crippen LogP contribution is 2.34. The summed E-state index contributed by atoms with van der Waals surface area (Å²) in [6, 6.07) is 13.2. The van der Waals surface area contributed by atoms with Gasteiger partial charge in [0, 0.05) is 11.1 Å². The Bertz CT molecular complexity index is 1260. The van der Waals surface area contributed by atoms with Gasteiger partial charge in [0.2, 0.25) is 0 Å². The molecule has 0 bridgehead atoms. The fourth-order valence-corrected chi connectivity index (χ4v) is 3.56. The zero-order valence-electron chi connectivity index (χ0n) is 15.1. The molecule has 138 valence electrons. The van der Waals surface area contributed by atoms with Gasteiger partial charge in [0.15, 0.2) is 11.3 Å². The van der Waals surface area contributed by atoms with Gasteiger partial charge in [-0.1, -0.05) is 12.1 Å². The molecule has 1 aliphatic carbocycles. The Morgan fingerprint density at radius 3 is 2.75 bits per heavy atom. The molecule has 1 N–H and O–H groups in total.